The lowest BCUT2D eigenvalue weighted by atomic mass is 10.0. The summed E-state index contributed by atoms with van der Waals surface area (Å²) in [6.45, 7) is 2.25. The van der Waals surface area contributed by atoms with Gasteiger partial charge in [0.2, 0.25) is 11.9 Å². The van der Waals surface area contributed by atoms with Gasteiger partial charge in [-0.05, 0) is 37.8 Å². The molecule has 6 nitrogen and oxygen atoms in total. The van der Waals surface area contributed by atoms with Gasteiger partial charge in [0.1, 0.15) is 6.73 Å². The largest absolute Gasteiger partial charge is 0.366 e. The number of hydrogen-bond acceptors (Lipinski definition) is 5. The van der Waals surface area contributed by atoms with E-state index in [0.717, 1.165) is 61.7 Å². The number of primary amides is 1. The molecule has 0 unspecified atom stereocenters. The summed E-state index contributed by atoms with van der Waals surface area (Å²) in [5.74, 6) is 0.324. The van der Waals surface area contributed by atoms with Crippen molar-refractivity contribution in [3.63, 3.8) is 0 Å². The lowest BCUT2D eigenvalue weighted by Gasteiger charge is -2.27. The Bertz CT molecular complexity index is 767. The summed E-state index contributed by atoms with van der Waals surface area (Å²) in [7, 11) is 0. The summed E-state index contributed by atoms with van der Waals surface area (Å²) in [5, 5.41) is 0. The van der Waals surface area contributed by atoms with Crippen LogP contribution in [-0.4, -0.2) is 35.8 Å². The van der Waals surface area contributed by atoms with Crippen molar-refractivity contribution in [1.82, 2.24) is 9.97 Å². The number of aromatic nitrogens is 2. The predicted molar refractivity (Wildman–Crippen MR) is 90.8 cm³/mol. The Hall–Kier alpha value is -2.47. The van der Waals surface area contributed by atoms with Crippen molar-refractivity contribution in [3.8, 4) is 11.3 Å². The summed E-state index contributed by atoms with van der Waals surface area (Å²) < 4.78 is 5.54. The zero-order valence-electron chi connectivity index (χ0n) is 13.5. The van der Waals surface area contributed by atoms with E-state index in [-0.39, 0.29) is 0 Å². The number of hydrogen-bond donors (Lipinski definition) is 1. The minimum atomic E-state index is -0.416. The van der Waals surface area contributed by atoms with E-state index in [9.17, 15) is 4.79 Å². The van der Waals surface area contributed by atoms with Crippen LogP contribution in [-0.2, 0) is 17.6 Å². The van der Waals surface area contributed by atoms with Gasteiger partial charge in [0, 0.05) is 28.9 Å². The summed E-state index contributed by atoms with van der Waals surface area (Å²) in [6.07, 6.45) is 4.09. The fourth-order valence-corrected chi connectivity index (χ4v) is 3.35. The number of aryl methyl sites for hydroxylation is 1. The number of carbonyl (C=O) groups excluding carboxylic acids is 1. The van der Waals surface area contributed by atoms with Crippen LogP contribution in [0.1, 0.15) is 34.5 Å². The summed E-state index contributed by atoms with van der Waals surface area (Å²) >= 11 is 0. The second kappa shape index (κ2) is 6.20. The third kappa shape index (κ3) is 2.73. The summed E-state index contributed by atoms with van der Waals surface area (Å²) in [6, 6.07) is 7.34. The highest BCUT2D eigenvalue weighted by Crippen LogP contribution is 2.32. The molecule has 1 aliphatic carbocycles. The Morgan fingerprint density at radius 3 is 2.67 bits per heavy atom. The molecule has 2 heterocycles. The first kappa shape index (κ1) is 15.1. The van der Waals surface area contributed by atoms with Crippen LogP contribution in [0.4, 0.5) is 5.95 Å². The second-order valence-electron chi connectivity index (χ2n) is 6.25. The number of nitrogens with zero attached hydrogens (tertiary/aromatic N) is 3. The summed E-state index contributed by atoms with van der Waals surface area (Å²) in [4.78, 5) is 23.0. The molecule has 1 aromatic carbocycles. The maximum atomic E-state index is 11.3. The zero-order chi connectivity index (χ0) is 16.5. The first-order valence-electron chi connectivity index (χ1n) is 8.35. The van der Waals surface area contributed by atoms with Crippen molar-refractivity contribution in [1.29, 1.82) is 0 Å². The van der Waals surface area contributed by atoms with Crippen LogP contribution in [0.3, 0.4) is 0 Å². The van der Waals surface area contributed by atoms with E-state index in [1.54, 1.807) is 12.1 Å². The van der Waals surface area contributed by atoms with E-state index in [0.29, 0.717) is 12.3 Å². The van der Waals surface area contributed by atoms with Gasteiger partial charge >= 0.3 is 0 Å². The quantitative estimate of drug-likeness (QED) is 0.933. The Balaban J connectivity index is 1.76. The van der Waals surface area contributed by atoms with Gasteiger partial charge in [0.05, 0.1) is 12.3 Å². The smallest absolute Gasteiger partial charge is 0.248 e. The van der Waals surface area contributed by atoms with Gasteiger partial charge in [-0.25, -0.2) is 9.97 Å². The molecule has 1 aromatic heterocycles. The highest BCUT2D eigenvalue weighted by atomic mass is 16.5. The SMILES string of the molecule is NC(=O)c1ccc(-c2nc(N3CCCOC3)nc3c2CCC3)cc1. The van der Waals surface area contributed by atoms with E-state index >= 15 is 0 Å². The Morgan fingerprint density at radius 1 is 1.12 bits per heavy atom. The minimum Gasteiger partial charge on any atom is -0.366 e. The van der Waals surface area contributed by atoms with E-state index in [4.69, 9.17) is 20.4 Å². The van der Waals surface area contributed by atoms with Crippen LogP contribution < -0.4 is 10.6 Å². The average molecular weight is 324 g/mol. The van der Waals surface area contributed by atoms with Gasteiger partial charge in [-0.15, -0.1) is 0 Å². The van der Waals surface area contributed by atoms with Crippen LogP contribution in [0.2, 0.25) is 0 Å². The van der Waals surface area contributed by atoms with Crippen molar-refractivity contribution in [2.75, 3.05) is 24.8 Å². The number of rotatable bonds is 3. The molecule has 2 aliphatic rings. The number of benzene rings is 1. The predicted octanol–water partition coefficient (Wildman–Crippen LogP) is 1.92. The number of nitrogens with two attached hydrogens (primary N) is 1. The molecule has 2 aromatic rings. The maximum Gasteiger partial charge on any atom is 0.248 e. The second-order valence-corrected chi connectivity index (χ2v) is 6.25. The summed E-state index contributed by atoms with van der Waals surface area (Å²) in [5.41, 5.74) is 10.2. The molecule has 0 spiro atoms. The van der Waals surface area contributed by atoms with E-state index in [2.05, 4.69) is 4.90 Å². The van der Waals surface area contributed by atoms with Crippen molar-refractivity contribution >= 4 is 11.9 Å². The molecule has 6 heteroatoms. The number of carbonyl (C=O) groups is 1. The first-order chi connectivity index (χ1) is 11.7. The van der Waals surface area contributed by atoms with Gasteiger partial charge in [0.15, 0.2) is 0 Å². The molecule has 1 saturated heterocycles. The van der Waals surface area contributed by atoms with E-state index < -0.39 is 5.91 Å². The molecular weight excluding hydrogens is 304 g/mol. The molecule has 0 bridgehead atoms. The van der Waals surface area contributed by atoms with Crippen LogP contribution in [0.25, 0.3) is 11.3 Å². The number of ether oxygens (including phenoxy) is 1. The maximum absolute atomic E-state index is 11.3. The lowest BCUT2D eigenvalue weighted by molar-refractivity contribution is 0.1000. The van der Waals surface area contributed by atoms with Crippen LogP contribution in [0.15, 0.2) is 24.3 Å². The molecule has 0 radical (unpaired) electrons. The Morgan fingerprint density at radius 2 is 1.96 bits per heavy atom. The van der Waals surface area contributed by atoms with Gasteiger partial charge in [-0.1, -0.05) is 12.1 Å². The molecular formula is C18H20N4O2. The third-order valence-corrected chi connectivity index (χ3v) is 4.61. The fourth-order valence-electron chi connectivity index (χ4n) is 3.35. The molecule has 1 aliphatic heterocycles. The van der Waals surface area contributed by atoms with E-state index in [1.807, 2.05) is 12.1 Å². The Kier molecular flexibility index (Phi) is 3.90. The Labute approximate surface area is 140 Å². The fraction of sp³-hybridized carbons (Fsp3) is 0.389. The molecule has 24 heavy (non-hydrogen) atoms. The van der Waals surface area contributed by atoms with Gasteiger partial charge in [-0.3, -0.25) is 4.79 Å². The van der Waals surface area contributed by atoms with Gasteiger partial charge < -0.3 is 15.4 Å². The first-order valence-corrected chi connectivity index (χ1v) is 8.35. The van der Waals surface area contributed by atoms with Crippen LogP contribution in [0, 0.1) is 0 Å². The number of anilines is 1. The average Bonchev–Trinajstić information content (AvgIpc) is 3.10. The van der Waals surface area contributed by atoms with Crippen molar-refractivity contribution in [2.45, 2.75) is 25.7 Å². The number of amides is 1. The van der Waals surface area contributed by atoms with Crippen LogP contribution >= 0.6 is 0 Å². The standard InChI is InChI=1S/C18H20N4O2/c19-17(23)13-7-5-12(6-8-13)16-14-3-1-4-15(14)20-18(21-16)22-9-2-10-24-11-22/h5-8H,1-4,9-11H2,(H2,19,23). The zero-order valence-corrected chi connectivity index (χ0v) is 13.5. The molecule has 2 N–H and O–H groups in total. The highest BCUT2D eigenvalue weighted by molar-refractivity contribution is 5.93. The lowest BCUT2D eigenvalue weighted by Crippen LogP contribution is -2.34. The topological polar surface area (TPSA) is 81.3 Å². The molecule has 4 rings (SSSR count). The molecule has 1 amide bonds. The molecule has 0 atom stereocenters. The van der Waals surface area contributed by atoms with Gasteiger partial charge in [0.25, 0.3) is 0 Å². The molecule has 124 valence electrons. The van der Waals surface area contributed by atoms with Gasteiger partial charge in [-0.2, -0.15) is 0 Å². The van der Waals surface area contributed by atoms with Crippen molar-refractivity contribution in [3.05, 3.63) is 41.1 Å². The number of fused-ring (bicyclic) bond motifs is 1. The molecule has 1 fully saturated rings. The minimum absolute atomic E-state index is 0.416. The van der Waals surface area contributed by atoms with Crippen molar-refractivity contribution < 1.29 is 9.53 Å². The van der Waals surface area contributed by atoms with Crippen molar-refractivity contribution in [2.24, 2.45) is 5.73 Å². The van der Waals surface area contributed by atoms with Crippen LogP contribution in [0.5, 0.6) is 0 Å². The third-order valence-electron chi connectivity index (χ3n) is 4.61. The molecule has 0 saturated carbocycles. The normalized spacial score (nSPS) is 16.9. The highest BCUT2D eigenvalue weighted by Gasteiger charge is 2.23. The van der Waals surface area contributed by atoms with E-state index in [1.165, 1.54) is 5.56 Å². The monoisotopic (exact) mass is 324 g/mol.